The third-order valence-corrected chi connectivity index (χ3v) is 4.42. The van der Waals surface area contributed by atoms with Gasteiger partial charge in [-0.25, -0.2) is 0 Å². The molecule has 4 N–H and O–H groups in total. The fourth-order valence-electron chi connectivity index (χ4n) is 2.69. The number of carbonyl (C=O) groups is 2. The van der Waals surface area contributed by atoms with Crippen molar-refractivity contribution >= 4 is 29.0 Å². The van der Waals surface area contributed by atoms with Gasteiger partial charge in [-0.15, -0.1) is 0 Å². The van der Waals surface area contributed by atoms with Crippen molar-refractivity contribution < 1.29 is 22.8 Å². The first kappa shape index (κ1) is 20.9. The lowest BCUT2D eigenvalue weighted by atomic mass is 10.1. The fourth-order valence-corrected chi connectivity index (χ4v) is 2.69. The summed E-state index contributed by atoms with van der Waals surface area (Å²) in [6, 6.07) is 8.88. The molecular formula is C20H18F3N5O2. The van der Waals surface area contributed by atoms with Crippen molar-refractivity contribution in [3.63, 3.8) is 0 Å². The Morgan fingerprint density at radius 1 is 1.07 bits per heavy atom. The first-order valence-corrected chi connectivity index (χ1v) is 8.74. The van der Waals surface area contributed by atoms with Gasteiger partial charge in [0.15, 0.2) is 0 Å². The number of nitrogen functional groups attached to an aromatic ring is 1. The lowest BCUT2D eigenvalue weighted by molar-refractivity contribution is -0.137. The molecule has 0 aliphatic carbocycles. The molecule has 0 atom stereocenters. The Kier molecular flexibility index (Phi) is 5.50. The molecule has 0 aliphatic heterocycles. The molecule has 3 rings (SSSR count). The number of halogens is 3. The van der Waals surface area contributed by atoms with Crippen molar-refractivity contribution in [3.8, 4) is 0 Å². The van der Waals surface area contributed by atoms with Crippen LogP contribution in [0.5, 0.6) is 0 Å². The van der Waals surface area contributed by atoms with Gasteiger partial charge in [-0.05, 0) is 42.8 Å². The summed E-state index contributed by atoms with van der Waals surface area (Å²) in [5, 5.41) is 9.00. The second-order valence-corrected chi connectivity index (χ2v) is 6.58. The SMILES string of the molecule is Cc1ccc(C(=O)Nc2cccc(C(F)(F)F)c2)cc1NC(=O)c1cnn(C)c1N. The zero-order chi connectivity index (χ0) is 22.1. The van der Waals surface area contributed by atoms with E-state index in [2.05, 4.69) is 15.7 Å². The number of aromatic nitrogens is 2. The summed E-state index contributed by atoms with van der Waals surface area (Å²) in [4.78, 5) is 25.0. The van der Waals surface area contributed by atoms with E-state index in [0.717, 1.165) is 12.1 Å². The van der Waals surface area contributed by atoms with Crippen LogP contribution in [0.25, 0.3) is 0 Å². The molecule has 0 spiro atoms. The molecule has 2 amide bonds. The van der Waals surface area contributed by atoms with Crippen molar-refractivity contribution in [2.45, 2.75) is 13.1 Å². The maximum atomic E-state index is 12.8. The molecule has 7 nitrogen and oxygen atoms in total. The number of alkyl halides is 3. The maximum absolute atomic E-state index is 12.8. The number of aryl methyl sites for hydroxylation is 2. The zero-order valence-electron chi connectivity index (χ0n) is 16.0. The van der Waals surface area contributed by atoms with Crippen LogP contribution in [0.2, 0.25) is 0 Å². The summed E-state index contributed by atoms with van der Waals surface area (Å²) >= 11 is 0. The van der Waals surface area contributed by atoms with Gasteiger partial charge in [-0.3, -0.25) is 14.3 Å². The molecule has 0 saturated carbocycles. The smallest absolute Gasteiger partial charge is 0.383 e. The van der Waals surface area contributed by atoms with Gasteiger partial charge in [-0.1, -0.05) is 12.1 Å². The molecule has 0 aliphatic rings. The van der Waals surface area contributed by atoms with Gasteiger partial charge in [0.25, 0.3) is 11.8 Å². The van der Waals surface area contributed by atoms with E-state index in [4.69, 9.17) is 5.73 Å². The molecule has 3 aromatic rings. The van der Waals surface area contributed by atoms with Crippen LogP contribution in [0.4, 0.5) is 30.4 Å². The molecule has 1 heterocycles. The number of amides is 2. The third-order valence-electron chi connectivity index (χ3n) is 4.42. The molecule has 30 heavy (non-hydrogen) atoms. The van der Waals surface area contributed by atoms with Crippen molar-refractivity contribution in [2.75, 3.05) is 16.4 Å². The number of nitrogens with zero attached hydrogens (tertiary/aromatic N) is 2. The summed E-state index contributed by atoms with van der Waals surface area (Å²) in [5.41, 5.74) is 6.31. The van der Waals surface area contributed by atoms with E-state index in [1.165, 1.54) is 35.1 Å². The lowest BCUT2D eigenvalue weighted by Crippen LogP contribution is -2.16. The van der Waals surface area contributed by atoms with E-state index in [0.29, 0.717) is 11.3 Å². The number of nitrogens with two attached hydrogens (primary N) is 1. The molecule has 0 fully saturated rings. The highest BCUT2D eigenvalue weighted by molar-refractivity contribution is 6.09. The molecule has 0 saturated heterocycles. The van der Waals surface area contributed by atoms with Crippen LogP contribution in [0, 0.1) is 6.92 Å². The highest BCUT2D eigenvalue weighted by atomic mass is 19.4. The van der Waals surface area contributed by atoms with E-state index >= 15 is 0 Å². The van der Waals surface area contributed by atoms with Crippen LogP contribution in [-0.4, -0.2) is 21.6 Å². The number of rotatable bonds is 4. The summed E-state index contributed by atoms with van der Waals surface area (Å²) < 4.78 is 39.9. The fraction of sp³-hybridized carbons (Fsp3) is 0.150. The number of hydrogen-bond acceptors (Lipinski definition) is 4. The minimum atomic E-state index is -4.52. The molecule has 0 radical (unpaired) electrons. The van der Waals surface area contributed by atoms with Crippen LogP contribution in [0.15, 0.2) is 48.7 Å². The Bertz CT molecular complexity index is 1120. The Balaban J connectivity index is 1.80. The Morgan fingerprint density at radius 2 is 1.80 bits per heavy atom. The Hall–Kier alpha value is -3.82. The van der Waals surface area contributed by atoms with Gasteiger partial charge in [-0.2, -0.15) is 18.3 Å². The minimum absolute atomic E-state index is 0.00381. The van der Waals surface area contributed by atoms with Crippen LogP contribution < -0.4 is 16.4 Å². The van der Waals surface area contributed by atoms with Crippen molar-refractivity contribution in [1.82, 2.24) is 9.78 Å². The number of anilines is 3. The largest absolute Gasteiger partial charge is 0.416 e. The lowest BCUT2D eigenvalue weighted by Gasteiger charge is -2.12. The van der Waals surface area contributed by atoms with Crippen molar-refractivity contribution in [3.05, 3.63) is 70.9 Å². The predicted molar refractivity (Wildman–Crippen MR) is 106 cm³/mol. The first-order chi connectivity index (χ1) is 14.1. The Labute approximate surface area is 169 Å². The standard InChI is InChI=1S/C20H18F3N5O2/c1-11-6-7-12(8-16(11)27-19(30)15-10-25-28(2)17(15)24)18(29)26-14-5-3-4-13(9-14)20(21,22)23/h3-10H,24H2,1-2H3,(H,26,29)(H,27,30). The summed E-state index contributed by atoms with van der Waals surface area (Å²) in [7, 11) is 1.59. The number of benzene rings is 2. The third kappa shape index (κ3) is 4.43. The zero-order valence-corrected chi connectivity index (χ0v) is 16.0. The van der Waals surface area contributed by atoms with Gasteiger partial charge in [0.2, 0.25) is 0 Å². The van der Waals surface area contributed by atoms with E-state index in [1.54, 1.807) is 20.0 Å². The number of carbonyl (C=O) groups excluding carboxylic acids is 2. The van der Waals surface area contributed by atoms with Gasteiger partial charge in [0, 0.05) is 24.0 Å². The molecule has 1 aromatic heterocycles. The van der Waals surface area contributed by atoms with E-state index in [9.17, 15) is 22.8 Å². The Morgan fingerprint density at radius 3 is 2.43 bits per heavy atom. The first-order valence-electron chi connectivity index (χ1n) is 8.74. The number of nitrogens with one attached hydrogen (secondary N) is 2. The second kappa shape index (κ2) is 7.90. The van der Waals surface area contributed by atoms with Crippen molar-refractivity contribution in [1.29, 1.82) is 0 Å². The quantitative estimate of drug-likeness (QED) is 0.600. The minimum Gasteiger partial charge on any atom is -0.383 e. The average Bonchev–Trinajstić information content (AvgIpc) is 3.02. The topological polar surface area (TPSA) is 102 Å². The summed E-state index contributed by atoms with van der Waals surface area (Å²) in [6.45, 7) is 1.73. The average molecular weight is 417 g/mol. The molecule has 10 heteroatoms. The maximum Gasteiger partial charge on any atom is 0.416 e. The van der Waals surface area contributed by atoms with E-state index in [-0.39, 0.29) is 22.6 Å². The van der Waals surface area contributed by atoms with Crippen molar-refractivity contribution in [2.24, 2.45) is 7.05 Å². The van der Waals surface area contributed by atoms with Crippen LogP contribution in [0.1, 0.15) is 31.8 Å². The van der Waals surface area contributed by atoms with E-state index < -0.39 is 23.6 Å². The highest BCUT2D eigenvalue weighted by Crippen LogP contribution is 2.31. The van der Waals surface area contributed by atoms with Gasteiger partial charge in [0.05, 0.1) is 11.8 Å². The molecule has 0 bridgehead atoms. The van der Waals surface area contributed by atoms with E-state index in [1.807, 2.05) is 0 Å². The van der Waals surface area contributed by atoms with Crippen LogP contribution in [-0.2, 0) is 13.2 Å². The molecular weight excluding hydrogens is 399 g/mol. The molecule has 0 unspecified atom stereocenters. The highest BCUT2D eigenvalue weighted by Gasteiger charge is 2.30. The van der Waals surface area contributed by atoms with Crippen LogP contribution in [0.3, 0.4) is 0 Å². The normalized spacial score (nSPS) is 11.2. The van der Waals surface area contributed by atoms with Gasteiger partial charge < -0.3 is 16.4 Å². The molecule has 2 aromatic carbocycles. The molecule has 156 valence electrons. The number of hydrogen-bond donors (Lipinski definition) is 3. The van der Waals surface area contributed by atoms with Gasteiger partial charge in [0.1, 0.15) is 11.4 Å². The predicted octanol–water partition coefficient (Wildman–Crippen LogP) is 3.83. The monoisotopic (exact) mass is 417 g/mol. The summed E-state index contributed by atoms with van der Waals surface area (Å²) in [5.74, 6) is -0.937. The summed E-state index contributed by atoms with van der Waals surface area (Å²) in [6.07, 6.45) is -3.19. The van der Waals surface area contributed by atoms with Crippen LogP contribution >= 0.6 is 0 Å². The van der Waals surface area contributed by atoms with Gasteiger partial charge >= 0.3 is 6.18 Å². The second-order valence-electron chi connectivity index (χ2n) is 6.58.